The van der Waals surface area contributed by atoms with Gasteiger partial charge in [-0.1, -0.05) is 67.9 Å². The highest BCUT2D eigenvalue weighted by molar-refractivity contribution is 5.85. The van der Waals surface area contributed by atoms with Gasteiger partial charge in [0.25, 0.3) is 6.47 Å². The third-order valence-electron chi connectivity index (χ3n) is 6.44. The number of rotatable bonds is 9. The van der Waals surface area contributed by atoms with Gasteiger partial charge in [-0.3, -0.25) is 9.69 Å². The molecule has 2 aromatic carbocycles. The fourth-order valence-electron chi connectivity index (χ4n) is 4.60. The van der Waals surface area contributed by atoms with E-state index in [2.05, 4.69) is 58.3 Å². The van der Waals surface area contributed by atoms with E-state index in [-0.39, 0.29) is 18.6 Å². The molecule has 0 amide bonds. The number of likely N-dealkylation sites (tertiary alicyclic amines) is 1. The Labute approximate surface area is 216 Å². The summed E-state index contributed by atoms with van der Waals surface area (Å²) in [7, 11) is 0. The second-order valence-corrected chi connectivity index (χ2v) is 9.14. The molecule has 37 heavy (non-hydrogen) atoms. The SMILES string of the molecule is CCCC(Oc1nc(N)c2cnn(Cc3ccc(CN4CCCC4)cc3)c2n1)c1ccccc1.O=CO. The molecular weight excluding hydrogens is 468 g/mol. The molecule has 1 atom stereocenters. The van der Waals surface area contributed by atoms with Gasteiger partial charge in [0.05, 0.1) is 18.1 Å². The van der Waals surface area contributed by atoms with E-state index in [0.29, 0.717) is 18.0 Å². The molecule has 4 aromatic rings. The van der Waals surface area contributed by atoms with Crippen molar-refractivity contribution in [1.29, 1.82) is 0 Å². The molecule has 9 nitrogen and oxygen atoms in total. The summed E-state index contributed by atoms with van der Waals surface area (Å²) in [5.41, 5.74) is 10.6. The van der Waals surface area contributed by atoms with Gasteiger partial charge < -0.3 is 15.6 Å². The Morgan fingerprint density at radius 2 is 1.68 bits per heavy atom. The van der Waals surface area contributed by atoms with Gasteiger partial charge >= 0.3 is 6.01 Å². The molecule has 3 N–H and O–H groups in total. The third-order valence-corrected chi connectivity index (χ3v) is 6.44. The maximum Gasteiger partial charge on any atom is 0.321 e. The van der Waals surface area contributed by atoms with Gasteiger partial charge in [0.1, 0.15) is 11.9 Å². The van der Waals surface area contributed by atoms with E-state index >= 15 is 0 Å². The third kappa shape index (κ3) is 6.83. The first-order chi connectivity index (χ1) is 18.1. The molecule has 1 saturated heterocycles. The first kappa shape index (κ1) is 26.1. The summed E-state index contributed by atoms with van der Waals surface area (Å²) >= 11 is 0. The summed E-state index contributed by atoms with van der Waals surface area (Å²) in [6.07, 6.45) is 6.09. The smallest absolute Gasteiger partial charge is 0.321 e. The van der Waals surface area contributed by atoms with E-state index in [1.807, 2.05) is 22.9 Å². The van der Waals surface area contributed by atoms with Crippen LogP contribution in [-0.2, 0) is 17.9 Å². The van der Waals surface area contributed by atoms with Crippen LogP contribution in [0.5, 0.6) is 6.01 Å². The van der Waals surface area contributed by atoms with Crippen molar-refractivity contribution in [1.82, 2.24) is 24.6 Å². The van der Waals surface area contributed by atoms with Gasteiger partial charge in [0, 0.05) is 6.54 Å². The molecule has 1 unspecified atom stereocenters. The highest BCUT2D eigenvalue weighted by Gasteiger charge is 2.18. The van der Waals surface area contributed by atoms with Gasteiger partial charge in [0.15, 0.2) is 5.65 Å². The summed E-state index contributed by atoms with van der Waals surface area (Å²) in [6, 6.07) is 19.2. The zero-order valence-corrected chi connectivity index (χ0v) is 21.2. The largest absolute Gasteiger partial charge is 0.483 e. The minimum atomic E-state index is -0.250. The predicted molar refractivity (Wildman–Crippen MR) is 143 cm³/mol. The highest BCUT2D eigenvalue weighted by atomic mass is 16.5. The molecule has 3 heterocycles. The maximum absolute atomic E-state index is 8.36. The van der Waals surface area contributed by atoms with Crippen LogP contribution in [0.3, 0.4) is 0 Å². The van der Waals surface area contributed by atoms with Crippen LogP contribution in [0.2, 0.25) is 0 Å². The van der Waals surface area contributed by atoms with Crippen LogP contribution in [0.1, 0.15) is 55.4 Å². The number of ether oxygens (including phenoxy) is 1. The van der Waals surface area contributed by atoms with Crippen LogP contribution in [0, 0.1) is 0 Å². The number of hydrogen-bond acceptors (Lipinski definition) is 7. The quantitative estimate of drug-likeness (QED) is 0.317. The van der Waals surface area contributed by atoms with Crippen LogP contribution in [0.4, 0.5) is 5.82 Å². The average molecular weight is 503 g/mol. The fourth-order valence-corrected chi connectivity index (χ4v) is 4.60. The van der Waals surface area contributed by atoms with E-state index in [0.717, 1.165) is 30.3 Å². The van der Waals surface area contributed by atoms with E-state index in [1.165, 1.54) is 37.1 Å². The molecule has 0 bridgehead atoms. The van der Waals surface area contributed by atoms with E-state index in [4.69, 9.17) is 25.4 Å². The maximum atomic E-state index is 8.36. The van der Waals surface area contributed by atoms with Crippen molar-refractivity contribution in [3.63, 3.8) is 0 Å². The number of carboxylic acid groups (broad SMARTS) is 1. The lowest BCUT2D eigenvalue weighted by Gasteiger charge is -2.18. The van der Waals surface area contributed by atoms with Crippen molar-refractivity contribution >= 4 is 23.3 Å². The fraction of sp³-hybridized carbons (Fsp3) is 0.357. The van der Waals surface area contributed by atoms with Crippen molar-refractivity contribution in [2.45, 2.75) is 51.8 Å². The number of nitrogens with two attached hydrogens (primary N) is 1. The number of hydrogen-bond donors (Lipinski definition) is 2. The number of carbonyl (C=O) groups is 1. The summed E-state index contributed by atoms with van der Waals surface area (Å²) in [5, 5.41) is 12.2. The molecule has 5 rings (SSSR count). The van der Waals surface area contributed by atoms with Crippen molar-refractivity contribution in [2.75, 3.05) is 18.8 Å². The second kappa shape index (κ2) is 12.8. The second-order valence-electron chi connectivity index (χ2n) is 9.14. The number of nitrogen functional groups attached to an aromatic ring is 1. The first-order valence-electron chi connectivity index (χ1n) is 12.7. The number of benzene rings is 2. The van der Waals surface area contributed by atoms with Crippen LogP contribution in [0.15, 0.2) is 60.8 Å². The van der Waals surface area contributed by atoms with E-state index < -0.39 is 0 Å². The van der Waals surface area contributed by atoms with Gasteiger partial charge in [-0.15, -0.1) is 0 Å². The normalized spacial score (nSPS) is 14.2. The van der Waals surface area contributed by atoms with Crippen molar-refractivity contribution in [2.24, 2.45) is 0 Å². The molecular formula is C28H34N6O3. The number of nitrogens with zero attached hydrogens (tertiary/aromatic N) is 5. The number of anilines is 1. The molecule has 1 aliphatic rings. The molecule has 9 heteroatoms. The number of aromatic nitrogens is 4. The predicted octanol–water partition coefficient (Wildman–Crippen LogP) is 4.67. The van der Waals surface area contributed by atoms with Gasteiger partial charge in [0.2, 0.25) is 0 Å². The summed E-state index contributed by atoms with van der Waals surface area (Å²) in [4.78, 5) is 20.0. The van der Waals surface area contributed by atoms with Crippen LogP contribution < -0.4 is 10.5 Å². The molecule has 0 saturated carbocycles. The molecule has 194 valence electrons. The lowest BCUT2D eigenvalue weighted by atomic mass is 10.1. The zero-order chi connectivity index (χ0) is 26.0. The number of fused-ring (bicyclic) bond motifs is 1. The Hall–Kier alpha value is -3.98. The van der Waals surface area contributed by atoms with Gasteiger partial charge in [-0.05, 0) is 49.0 Å². The highest BCUT2D eigenvalue weighted by Crippen LogP contribution is 2.27. The summed E-state index contributed by atoms with van der Waals surface area (Å²) < 4.78 is 8.10. The van der Waals surface area contributed by atoms with Crippen molar-refractivity contribution in [3.05, 3.63) is 77.5 Å². The Balaban J connectivity index is 0.00000102. The molecule has 1 aliphatic heterocycles. The summed E-state index contributed by atoms with van der Waals surface area (Å²) in [5.74, 6) is 0.385. The van der Waals surface area contributed by atoms with Crippen molar-refractivity contribution in [3.8, 4) is 6.01 Å². The van der Waals surface area contributed by atoms with Crippen LogP contribution in [-0.4, -0.2) is 49.3 Å². The Kier molecular flexibility index (Phi) is 9.04. The molecule has 2 aromatic heterocycles. The minimum absolute atomic E-state index is 0.123. The monoisotopic (exact) mass is 502 g/mol. The minimum Gasteiger partial charge on any atom is -0.483 e. The lowest BCUT2D eigenvalue weighted by molar-refractivity contribution is -0.122. The van der Waals surface area contributed by atoms with Gasteiger partial charge in [-0.2, -0.15) is 15.1 Å². The van der Waals surface area contributed by atoms with Gasteiger partial charge in [-0.25, -0.2) is 4.68 Å². The topological polar surface area (TPSA) is 119 Å². The van der Waals surface area contributed by atoms with Crippen molar-refractivity contribution < 1.29 is 14.6 Å². The molecule has 1 fully saturated rings. The molecule has 0 aliphatic carbocycles. The Morgan fingerprint density at radius 1 is 1.03 bits per heavy atom. The lowest BCUT2D eigenvalue weighted by Crippen LogP contribution is -2.18. The molecule has 0 radical (unpaired) electrons. The van der Waals surface area contributed by atoms with E-state index in [9.17, 15) is 0 Å². The standard InChI is InChI=1S/C27H32N6O.CH2O2/c1-2-8-24(22-9-4-3-5-10-22)34-27-30-25(28)23-17-29-33(26(23)31-27)19-21-13-11-20(12-14-21)18-32-15-6-7-16-32;2-1-3/h3-5,9-14,17,24H,2,6-8,15-16,18-19H2,1H3,(H2,28,30,31);1H,(H,2,3). The Bertz CT molecular complexity index is 1270. The zero-order valence-electron chi connectivity index (χ0n) is 21.2. The molecule has 0 spiro atoms. The van der Waals surface area contributed by atoms with E-state index in [1.54, 1.807) is 6.20 Å². The van der Waals surface area contributed by atoms with Crippen LogP contribution >= 0.6 is 0 Å². The van der Waals surface area contributed by atoms with Crippen LogP contribution in [0.25, 0.3) is 11.0 Å². The first-order valence-corrected chi connectivity index (χ1v) is 12.7. The average Bonchev–Trinajstić information content (AvgIpc) is 3.56. The Morgan fingerprint density at radius 3 is 2.32 bits per heavy atom. The summed E-state index contributed by atoms with van der Waals surface area (Å²) in [6.45, 7) is 5.94.